The number of nitrogens with one attached hydrogen (secondary N) is 1. The molecular formula is C18H21NO2. The topological polar surface area (TPSA) is 38.3 Å². The van der Waals surface area contributed by atoms with E-state index in [2.05, 4.69) is 5.32 Å². The lowest BCUT2D eigenvalue weighted by molar-refractivity contribution is -0.120. The predicted molar refractivity (Wildman–Crippen MR) is 84.0 cm³/mol. The third-order valence-electron chi connectivity index (χ3n) is 3.17. The molecule has 1 amide bonds. The Balaban J connectivity index is 1.60. The minimum absolute atomic E-state index is 0.0298. The minimum atomic E-state index is 0.0298. The average molecular weight is 283 g/mol. The van der Waals surface area contributed by atoms with Crippen LogP contribution >= 0.6 is 0 Å². The zero-order valence-electron chi connectivity index (χ0n) is 12.3. The number of rotatable bonds is 7. The van der Waals surface area contributed by atoms with Gasteiger partial charge in [0.2, 0.25) is 5.91 Å². The summed E-state index contributed by atoms with van der Waals surface area (Å²) >= 11 is 0. The second-order valence-corrected chi connectivity index (χ2v) is 5.05. The molecule has 2 rings (SSSR count). The van der Waals surface area contributed by atoms with Gasteiger partial charge in [-0.25, -0.2) is 0 Å². The molecule has 2 aromatic rings. The molecule has 0 saturated heterocycles. The van der Waals surface area contributed by atoms with Crippen LogP contribution in [0.25, 0.3) is 0 Å². The fourth-order valence-electron chi connectivity index (χ4n) is 1.98. The lowest BCUT2D eigenvalue weighted by Gasteiger charge is -2.07. The highest BCUT2D eigenvalue weighted by molar-refractivity contribution is 5.78. The normalized spacial score (nSPS) is 10.3. The Labute approximate surface area is 126 Å². The summed E-state index contributed by atoms with van der Waals surface area (Å²) in [6.07, 6.45) is 0.416. The molecule has 0 heterocycles. The molecule has 1 N–H and O–H groups in total. The van der Waals surface area contributed by atoms with E-state index < -0.39 is 0 Å². The Bertz CT molecular complexity index is 549. The van der Waals surface area contributed by atoms with Gasteiger partial charge in [0.05, 0.1) is 19.6 Å². The van der Waals surface area contributed by atoms with Crippen molar-refractivity contribution in [3.05, 3.63) is 71.3 Å². The van der Waals surface area contributed by atoms with Gasteiger partial charge < -0.3 is 10.1 Å². The van der Waals surface area contributed by atoms with Gasteiger partial charge in [-0.2, -0.15) is 0 Å². The fraction of sp³-hybridized carbons (Fsp3) is 0.278. The Hall–Kier alpha value is -2.13. The number of ether oxygens (including phenoxy) is 1. The fourth-order valence-corrected chi connectivity index (χ4v) is 1.98. The van der Waals surface area contributed by atoms with Crippen molar-refractivity contribution in [2.75, 3.05) is 13.2 Å². The Morgan fingerprint density at radius 3 is 2.43 bits per heavy atom. The molecule has 0 saturated carbocycles. The highest BCUT2D eigenvalue weighted by Crippen LogP contribution is 2.03. The quantitative estimate of drug-likeness (QED) is 0.794. The van der Waals surface area contributed by atoms with Gasteiger partial charge in [0, 0.05) is 6.54 Å². The number of carbonyl (C=O) groups is 1. The van der Waals surface area contributed by atoms with Crippen molar-refractivity contribution in [2.45, 2.75) is 20.0 Å². The summed E-state index contributed by atoms with van der Waals surface area (Å²) in [5, 5.41) is 2.87. The van der Waals surface area contributed by atoms with Crippen LogP contribution in [0.1, 0.15) is 16.7 Å². The largest absolute Gasteiger partial charge is 0.375 e. The van der Waals surface area contributed by atoms with Crippen LogP contribution in [0.3, 0.4) is 0 Å². The van der Waals surface area contributed by atoms with Crippen LogP contribution in [-0.4, -0.2) is 19.1 Å². The summed E-state index contributed by atoms with van der Waals surface area (Å²) in [5.74, 6) is 0.0298. The van der Waals surface area contributed by atoms with Crippen molar-refractivity contribution < 1.29 is 9.53 Å². The summed E-state index contributed by atoms with van der Waals surface area (Å²) in [7, 11) is 0. The summed E-state index contributed by atoms with van der Waals surface area (Å²) in [6, 6.07) is 18.0. The lowest BCUT2D eigenvalue weighted by atomic mass is 10.1. The van der Waals surface area contributed by atoms with Crippen LogP contribution in [0.2, 0.25) is 0 Å². The second kappa shape index (κ2) is 8.22. The summed E-state index contributed by atoms with van der Waals surface area (Å²) in [6.45, 7) is 3.68. The molecule has 0 bridgehead atoms. The van der Waals surface area contributed by atoms with E-state index >= 15 is 0 Å². The Kier molecular flexibility index (Phi) is 5.98. The Morgan fingerprint density at radius 2 is 1.71 bits per heavy atom. The zero-order valence-corrected chi connectivity index (χ0v) is 12.3. The van der Waals surface area contributed by atoms with Gasteiger partial charge in [-0.05, 0) is 18.1 Å². The predicted octanol–water partition coefficient (Wildman–Crippen LogP) is 2.87. The molecule has 0 spiro atoms. The smallest absolute Gasteiger partial charge is 0.224 e. The number of hydrogen-bond acceptors (Lipinski definition) is 2. The van der Waals surface area contributed by atoms with Gasteiger partial charge in [-0.3, -0.25) is 4.79 Å². The molecule has 3 nitrogen and oxygen atoms in total. The second-order valence-electron chi connectivity index (χ2n) is 5.05. The molecule has 0 fully saturated rings. The van der Waals surface area contributed by atoms with Crippen molar-refractivity contribution in [3.63, 3.8) is 0 Å². The van der Waals surface area contributed by atoms with Gasteiger partial charge in [-0.15, -0.1) is 0 Å². The zero-order chi connectivity index (χ0) is 14.9. The van der Waals surface area contributed by atoms with Crippen LogP contribution in [0.5, 0.6) is 0 Å². The van der Waals surface area contributed by atoms with Crippen molar-refractivity contribution in [2.24, 2.45) is 0 Å². The van der Waals surface area contributed by atoms with Crippen LogP contribution in [0.4, 0.5) is 0 Å². The Morgan fingerprint density at radius 1 is 1.00 bits per heavy atom. The van der Waals surface area contributed by atoms with Gasteiger partial charge in [0.1, 0.15) is 0 Å². The number of benzene rings is 2. The van der Waals surface area contributed by atoms with Gasteiger partial charge >= 0.3 is 0 Å². The summed E-state index contributed by atoms with van der Waals surface area (Å²) < 4.78 is 5.52. The van der Waals surface area contributed by atoms with E-state index in [1.165, 1.54) is 5.56 Å². The van der Waals surface area contributed by atoms with Crippen molar-refractivity contribution in [1.29, 1.82) is 0 Å². The molecular weight excluding hydrogens is 262 g/mol. The van der Waals surface area contributed by atoms with Crippen molar-refractivity contribution in [1.82, 2.24) is 5.32 Å². The number of hydrogen-bond donors (Lipinski definition) is 1. The van der Waals surface area contributed by atoms with E-state index in [0.29, 0.717) is 26.2 Å². The van der Waals surface area contributed by atoms with E-state index in [0.717, 1.165) is 11.1 Å². The third-order valence-corrected chi connectivity index (χ3v) is 3.17. The summed E-state index contributed by atoms with van der Waals surface area (Å²) in [5.41, 5.74) is 3.38. The van der Waals surface area contributed by atoms with Crippen molar-refractivity contribution >= 4 is 5.91 Å². The number of aryl methyl sites for hydroxylation is 1. The minimum Gasteiger partial charge on any atom is -0.375 e. The number of amides is 1. The molecule has 0 aliphatic heterocycles. The van der Waals surface area contributed by atoms with E-state index in [1.807, 2.05) is 61.5 Å². The first-order valence-electron chi connectivity index (χ1n) is 7.18. The molecule has 0 radical (unpaired) electrons. The summed E-state index contributed by atoms with van der Waals surface area (Å²) in [4.78, 5) is 11.8. The van der Waals surface area contributed by atoms with Gasteiger partial charge in [0.25, 0.3) is 0 Å². The van der Waals surface area contributed by atoms with Crippen LogP contribution in [0.15, 0.2) is 54.6 Å². The first-order chi connectivity index (χ1) is 10.2. The third kappa shape index (κ3) is 5.79. The SMILES string of the molecule is Cc1ccc(CC(=O)NCCOCc2ccccc2)cc1. The maximum absolute atomic E-state index is 11.8. The van der Waals surface area contributed by atoms with Gasteiger partial charge in [-0.1, -0.05) is 60.2 Å². The molecule has 0 aliphatic rings. The highest BCUT2D eigenvalue weighted by Gasteiger charge is 2.02. The van der Waals surface area contributed by atoms with E-state index in [9.17, 15) is 4.79 Å². The standard InChI is InChI=1S/C18H21NO2/c1-15-7-9-16(10-8-15)13-18(20)19-11-12-21-14-17-5-3-2-4-6-17/h2-10H,11-14H2,1H3,(H,19,20). The van der Waals surface area contributed by atoms with Crippen LogP contribution in [-0.2, 0) is 22.6 Å². The van der Waals surface area contributed by atoms with E-state index in [-0.39, 0.29) is 5.91 Å². The average Bonchev–Trinajstić information content (AvgIpc) is 2.50. The molecule has 3 heteroatoms. The molecule has 0 atom stereocenters. The van der Waals surface area contributed by atoms with E-state index in [1.54, 1.807) is 0 Å². The van der Waals surface area contributed by atoms with Crippen LogP contribution in [0, 0.1) is 6.92 Å². The van der Waals surface area contributed by atoms with Crippen LogP contribution < -0.4 is 5.32 Å². The molecule has 110 valence electrons. The lowest BCUT2D eigenvalue weighted by Crippen LogP contribution is -2.28. The first kappa shape index (κ1) is 15.3. The van der Waals surface area contributed by atoms with Gasteiger partial charge in [0.15, 0.2) is 0 Å². The molecule has 2 aromatic carbocycles. The monoisotopic (exact) mass is 283 g/mol. The maximum atomic E-state index is 11.8. The molecule has 0 aliphatic carbocycles. The highest BCUT2D eigenvalue weighted by atomic mass is 16.5. The maximum Gasteiger partial charge on any atom is 0.224 e. The van der Waals surface area contributed by atoms with E-state index in [4.69, 9.17) is 4.74 Å². The molecule has 21 heavy (non-hydrogen) atoms. The van der Waals surface area contributed by atoms with Crippen molar-refractivity contribution in [3.8, 4) is 0 Å². The molecule has 0 aromatic heterocycles. The molecule has 0 unspecified atom stereocenters. The first-order valence-corrected chi connectivity index (χ1v) is 7.18. The number of carbonyl (C=O) groups excluding carboxylic acids is 1.